The molecule has 1 aliphatic heterocycles. The Labute approximate surface area is 129 Å². The van der Waals surface area contributed by atoms with E-state index in [9.17, 15) is 0 Å². The molecule has 3 nitrogen and oxygen atoms in total. The fourth-order valence-electron chi connectivity index (χ4n) is 3.17. The first-order valence-corrected chi connectivity index (χ1v) is 8.35. The van der Waals surface area contributed by atoms with Gasteiger partial charge in [-0.05, 0) is 44.2 Å². The van der Waals surface area contributed by atoms with E-state index in [0.29, 0.717) is 12.1 Å². The number of likely N-dealkylation sites (tertiary alicyclic amines) is 1. The molecule has 1 saturated heterocycles. The lowest BCUT2D eigenvalue weighted by Crippen LogP contribution is -2.46. The highest BCUT2D eigenvalue weighted by atomic mass is 16.5. The number of ether oxygens (including phenoxy) is 1. The number of piperidine rings is 1. The van der Waals surface area contributed by atoms with Crippen LogP contribution in [0.4, 0.5) is 0 Å². The first-order valence-electron chi connectivity index (χ1n) is 8.35. The van der Waals surface area contributed by atoms with Crippen molar-refractivity contribution in [1.82, 2.24) is 4.90 Å². The quantitative estimate of drug-likeness (QED) is 0.874. The molecule has 3 heteroatoms. The molecular weight excluding hydrogens is 260 g/mol. The van der Waals surface area contributed by atoms with Gasteiger partial charge in [-0.2, -0.15) is 0 Å². The number of benzene rings is 1. The highest BCUT2D eigenvalue weighted by Crippen LogP contribution is 2.23. The van der Waals surface area contributed by atoms with Crippen LogP contribution in [-0.4, -0.2) is 36.7 Å². The van der Waals surface area contributed by atoms with Gasteiger partial charge in [-0.15, -0.1) is 0 Å². The van der Waals surface area contributed by atoms with E-state index in [4.69, 9.17) is 10.5 Å². The molecule has 1 aromatic rings. The Morgan fingerprint density at radius 1 is 1.19 bits per heavy atom. The van der Waals surface area contributed by atoms with Gasteiger partial charge in [0.1, 0.15) is 0 Å². The zero-order chi connectivity index (χ0) is 15.2. The van der Waals surface area contributed by atoms with Crippen molar-refractivity contribution >= 4 is 0 Å². The number of nitrogens with two attached hydrogens (primary N) is 1. The van der Waals surface area contributed by atoms with Crippen LogP contribution >= 0.6 is 0 Å². The van der Waals surface area contributed by atoms with Crippen LogP contribution in [0.2, 0.25) is 0 Å². The third kappa shape index (κ3) is 4.29. The minimum Gasteiger partial charge on any atom is -0.378 e. The maximum atomic E-state index is 6.48. The summed E-state index contributed by atoms with van der Waals surface area (Å²) in [5.74, 6) is 0. The summed E-state index contributed by atoms with van der Waals surface area (Å²) in [6, 6.07) is 9.23. The average molecular weight is 290 g/mol. The molecule has 2 rings (SSSR count). The molecule has 0 saturated carbocycles. The van der Waals surface area contributed by atoms with Crippen molar-refractivity contribution in [2.24, 2.45) is 5.73 Å². The predicted molar refractivity (Wildman–Crippen MR) is 88.4 cm³/mol. The van der Waals surface area contributed by atoms with E-state index in [1.165, 1.54) is 11.1 Å². The molecule has 1 fully saturated rings. The molecule has 2 unspecified atom stereocenters. The number of aryl methyl sites for hydroxylation is 1. The van der Waals surface area contributed by atoms with E-state index in [2.05, 4.69) is 49.9 Å². The van der Waals surface area contributed by atoms with Gasteiger partial charge in [-0.1, -0.05) is 31.2 Å². The van der Waals surface area contributed by atoms with Crippen molar-refractivity contribution in [2.45, 2.75) is 58.2 Å². The lowest BCUT2D eigenvalue weighted by atomic mass is 9.96. The normalized spacial score (nSPS) is 20.4. The van der Waals surface area contributed by atoms with Crippen LogP contribution in [0, 0.1) is 0 Å². The second-order valence-electron chi connectivity index (χ2n) is 6.05. The Bertz CT molecular complexity index is 410. The van der Waals surface area contributed by atoms with Crippen molar-refractivity contribution in [1.29, 1.82) is 0 Å². The molecule has 0 radical (unpaired) electrons. The van der Waals surface area contributed by atoms with Crippen LogP contribution in [0.15, 0.2) is 24.3 Å². The van der Waals surface area contributed by atoms with Crippen molar-refractivity contribution in [3.63, 3.8) is 0 Å². The minimum atomic E-state index is 0.0829. The van der Waals surface area contributed by atoms with E-state index in [1.54, 1.807) is 0 Å². The first kappa shape index (κ1) is 16.5. The molecule has 1 heterocycles. The summed E-state index contributed by atoms with van der Waals surface area (Å²) in [6.07, 6.45) is 3.77. The topological polar surface area (TPSA) is 38.5 Å². The second-order valence-corrected chi connectivity index (χ2v) is 6.05. The molecule has 1 aromatic carbocycles. The zero-order valence-electron chi connectivity index (χ0n) is 13.7. The van der Waals surface area contributed by atoms with Gasteiger partial charge in [0.05, 0.1) is 6.10 Å². The fraction of sp³-hybridized carbons (Fsp3) is 0.667. The molecule has 0 bridgehead atoms. The average Bonchev–Trinajstić information content (AvgIpc) is 2.54. The van der Waals surface area contributed by atoms with Crippen LogP contribution in [-0.2, 0) is 11.2 Å². The van der Waals surface area contributed by atoms with Crippen LogP contribution in [0.1, 0.15) is 50.8 Å². The van der Waals surface area contributed by atoms with Crippen LogP contribution in [0.3, 0.4) is 0 Å². The van der Waals surface area contributed by atoms with Gasteiger partial charge in [0.2, 0.25) is 0 Å². The van der Waals surface area contributed by atoms with Crippen molar-refractivity contribution in [3.05, 3.63) is 35.4 Å². The highest BCUT2D eigenvalue weighted by Gasteiger charge is 2.26. The van der Waals surface area contributed by atoms with Crippen molar-refractivity contribution < 1.29 is 4.74 Å². The zero-order valence-corrected chi connectivity index (χ0v) is 13.7. The highest BCUT2D eigenvalue weighted by molar-refractivity contribution is 5.25. The third-order valence-electron chi connectivity index (χ3n) is 4.75. The van der Waals surface area contributed by atoms with Gasteiger partial charge < -0.3 is 10.5 Å². The number of hydrogen-bond donors (Lipinski definition) is 1. The number of nitrogens with zero attached hydrogens (tertiary/aromatic N) is 1. The molecule has 0 spiro atoms. The van der Waals surface area contributed by atoms with Gasteiger partial charge in [-0.25, -0.2) is 0 Å². The molecule has 2 N–H and O–H groups in total. The smallest absolute Gasteiger partial charge is 0.0599 e. The second kappa shape index (κ2) is 7.92. The van der Waals surface area contributed by atoms with Crippen LogP contribution in [0.5, 0.6) is 0 Å². The summed E-state index contributed by atoms with van der Waals surface area (Å²) < 4.78 is 5.72. The Morgan fingerprint density at radius 2 is 1.81 bits per heavy atom. The van der Waals surface area contributed by atoms with Crippen molar-refractivity contribution in [2.75, 3.05) is 19.7 Å². The largest absolute Gasteiger partial charge is 0.378 e. The first-order chi connectivity index (χ1) is 10.2. The van der Waals surface area contributed by atoms with E-state index in [-0.39, 0.29) is 6.04 Å². The molecule has 0 aliphatic carbocycles. The fourth-order valence-corrected chi connectivity index (χ4v) is 3.17. The summed E-state index contributed by atoms with van der Waals surface area (Å²) in [5.41, 5.74) is 9.09. The Morgan fingerprint density at radius 3 is 2.33 bits per heavy atom. The summed E-state index contributed by atoms with van der Waals surface area (Å²) in [5, 5.41) is 0. The number of hydrogen-bond acceptors (Lipinski definition) is 3. The monoisotopic (exact) mass is 290 g/mol. The third-order valence-corrected chi connectivity index (χ3v) is 4.75. The lowest BCUT2D eigenvalue weighted by Gasteiger charge is -2.38. The van der Waals surface area contributed by atoms with Gasteiger partial charge >= 0.3 is 0 Å². The van der Waals surface area contributed by atoms with E-state index in [1.807, 2.05) is 0 Å². The molecule has 1 aliphatic rings. The number of rotatable bonds is 6. The molecule has 0 aromatic heterocycles. The van der Waals surface area contributed by atoms with Crippen molar-refractivity contribution in [3.8, 4) is 0 Å². The van der Waals surface area contributed by atoms with Gasteiger partial charge in [0.25, 0.3) is 0 Å². The van der Waals surface area contributed by atoms with Gasteiger partial charge in [0.15, 0.2) is 0 Å². The Balaban J connectivity index is 1.91. The predicted octanol–water partition coefficient (Wildman–Crippen LogP) is 3.14. The van der Waals surface area contributed by atoms with Crippen LogP contribution < -0.4 is 5.73 Å². The minimum absolute atomic E-state index is 0.0829. The standard InChI is InChI=1S/C18H30N2O/c1-4-15-6-8-16(9-7-15)18(19)14(3)20-12-10-17(11-13-20)21-5-2/h6-9,14,17-18H,4-5,10-13,19H2,1-3H3. The molecular formula is C18H30N2O. The van der Waals surface area contributed by atoms with Crippen LogP contribution in [0.25, 0.3) is 0 Å². The summed E-state index contributed by atoms with van der Waals surface area (Å²) in [7, 11) is 0. The SMILES string of the molecule is CCOC1CCN(C(C)C(N)c2ccc(CC)cc2)CC1. The Hall–Kier alpha value is -0.900. The van der Waals surface area contributed by atoms with E-state index in [0.717, 1.165) is 39.0 Å². The van der Waals surface area contributed by atoms with E-state index < -0.39 is 0 Å². The summed E-state index contributed by atoms with van der Waals surface area (Å²) in [6.45, 7) is 9.51. The van der Waals surface area contributed by atoms with Gasteiger partial charge in [-0.3, -0.25) is 4.90 Å². The van der Waals surface area contributed by atoms with E-state index >= 15 is 0 Å². The Kier molecular flexibility index (Phi) is 6.22. The summed E-state index contributed by atoms with van der Waals surface area (Å²) in [4.78, 5) is 2.51. The molecule has 21 heavy (non-hydrogen) atoms. The maximum absolute atomic E-state index is 6.48. The molecule has 2 atom stereocenters. The molecule has 0 amide bonds. The lowest BCUT2D eigenvalue weighted by molar-refractivity contribution is 0.00309. The van der Waals surface area contributed by atoms with Gasteiger partial charge in [0, 0.05) is 31.8 Å². The maximum Gasteiger partial charge on any atom is 0.0599 e. The molecule has 118 valence electrons. The summed E-state index contributed by atoms with van der Waals surface area (Å²) >= 11 is 0.